The van der Waals surface area contributed by atoms with Gasteiger partial charge in [0.1, 0.15) is 0 Å². The predicted molar refractivity (Wildman–Crippen MR) is 125 cm³/mol. The lowest BCUT2D eigenvalue weighted by molar-refractivity contribution is 0.373. The zero-order valence-electron chi connectivity index (χ0n) is 16.6. The van der Waals surface area contributed by atoms with E-state index in [0.29, 0.717) is 18.2 Å². The first kappa shape index (κ1) is 22.3. The molecule has 2 aromatic rings. The smallest absolute Gasteiger partial charge is 0.193 e. The minimum absolute atomic E-state index is 0. The molecule has 0 aliphatic carbocycles. The second-order valence-electron chi connectivity index (χ2n) is 6.83. The van der Waals surface area contributed by atoms with Gasteiger partial charge in [0.25, 0.3) is 0 Å². The van der Waals surface area contributed by atoms with Crippen molar-refractivity contribution < 1.29 is 9.84 Å². The number of hydrogen-bond acceptors (Lipinski definition) is 3. The number of hydrogen-bond donors (Lipinski definition) is 2. The van der Waals surface area contributed by atoms with Gasteiger partial charge < -0.3 is 20.1 Å². The number of phenols is 1. The van der Waals surface area contributed by atoms with E-state index >= 15 is 0 Å². The van der Waals surface area contributed by atoms with Crippen molar-refractivity contribution in [3.63, 3.8) is 0 Å². The summed E-state index contributed by atoms with van der Waals surface area (Å²) >= 11 is 0. The Morgan fingerprint density at radius 1 is 1.25 bits per heavy atom. The number of nitrogens with one attached hydrogen (secondary N) is 1. The van der Waals surface area contributed by atoms with Crippen molar-refractivity contribution >= 4 is 29.9 Å². The Labute approximate surface area is 184 Å². The molecule has 0 saturated carbocycles. The average Bonchev–Trinajstić information content (AvgIpc) is 3.19. The van der Waals surface area contributed by atoms with E-state index in [1.165, 1.54) is 5.56 Å². The molecule has 0 amide bonds. The van der Waals surface area contributed by atoms with Crippen LogP contribution in [-0.4, -0.2) is 49.3 Å². The van der Waals surface area contributed by atoms with E-state index in [2.05, 4.69) is 47.5 Å². The molecule has 1 aliphatic heterocycles. The Kier molecular flexibility index (Phi) is 8.89. The molecule has 1 aliphatic rings. The lowest BCUT2D eigenvalue weighted by Gasteiger charge is -2.22. The van der Waals surface area contributed by atoms with Gasteiger partial charge in [0.05, 0.1) is 7.11 Å². The summed E-state index contributed by atoms with van der Waals surface area (Å²) in [6.45, 7) is 5.69. The quantitative estimate of drug-likeness (QED) is 0.361. The molecule has 1 fully saturated rings. The van der Waals surface area contributed by atoms with Crippen LogP contribution in [0.1, 0.15) is 30.4 Å². The summed E-state index contributed by atoms with van der Waals surface area (Å²) in [5, 5.41) is 13.1. The van der Waals surface area contributed by atoms with Crippen LogP contribution >= 0.6 is 24.0 Å². The molecule has 1 saturated heterocycles. The zero-order valence-corrected chi connectivity index (χ0v) is 18.9. The van der Waals surface area contributed by atoms with Gasteiger partial charge in [-0.2, -0.15) is 0 Å². The summed E-state index contributed by atoms with van der Waals surface area (Å²) < 4.78 is 5.18. The highest BCUT2D eigenvalue weighted by molar-refractivity contribution is 14.0. The molecule has 152 valence electrons. The molecule has 1 heterocycles. The van der Waals surface area contributed by atoms with Gasteiger partial charge in [0.15, 0.2) is 17.5 Å². The van der Waals surface area contributed by atoms with Crippen LogP contribution in [0.4, 0.5) is 0 Å². The number of likely N-dealkylation sites (tertiary alicyclic amines) is 1. The summed E-state index contributed by atoms with van der Waals surface area (Å²) in [7, 11) is 1.57. The Bertz CT molecular complexity index is 768. The molecule has 0 aromatic heterocycles. The maximum absolute atomic E-state index is 9.71. The maximum Gasteiger partial charge on any atom is 0.193 e. The molecule has 2 aromatic carbocycles. The van der Waals surface area contributed by atoms with Crippen LogP contribution in [-0.2, 0) is 6.42 Å². The minimum atomic E-state index is 0. The third-order valence-corrected chi connectivity index (χ3v) is 5.00. The SMILES string of the molecule is CCNC(=NCCc1ccc(O)c(OC)c1)N1CCC(c2ccccc2)C1.I. The number of phenolic OH excluding ortho intramolecular Hbond substituents is 1. The fourth-order valence-electron chi connectivity index (χ4n) is 3.54. The number of rotatable bonds is 6. The molecule has 5 nitrogen and oxygen atoms in total. The van der Waals surface area contributed by atoms with Gasteiger partial charge in [0.2, 0.25) is 0 Å². The summed E-state index contributed by atoms with van der Waals surface area (Å²) in [5.74, 6) is 2.23. The molecule has 0 spiro atoms. The Morgan fingerprint density at radius 3 is 2.75 bits per heavy atom. The highest BCUT2D eigenvalue weighted by atomic mass is 127. The largest absolute Gasteiger partial charge is 0.504 e. The van der Waals surface area contributed by atoms with Gasteiger partial charge in [-0.15, -0.1) is 24.0 Å². The molecule has 28 heavy (non-hydrogen) atoms. The minimum Gasteiger partial charge on any atom is -0.504 e. The molecule has 6 heteroatoms. The van der Waals surface area contributed by atoms with Crippen LogP contribution in [0.15, 0.2) is 53.5 Å². The third kappa shape index (κ3) is 5.77. The molecule has 2 N–H and O–H groups in total. The molecule has 1 unspecified atom stereocenters. The highest BCUT2D eigenvalue weighted by Crippen LogP contribution is 2.27. The van der Waals surface area contributed by atoms with Crippen molar-refractivity contribution in [2.24, 2.45) is 4.99 Å². The molecular formula is C22H30IN3O2. The summed E-state index contributed by atoms with van der Waals surface area (Å²) in [6.07, 6.45) is 1.96. The summed E-state index contributed by atoms with van der Waals surface area (Å²) in [6, 6.07) is 16.2. The fourth-order valence-corrected chi connectivity index (χ4v) is 3.54. The average molecular weight is 495 g/mol. The van der Waals surface area contributed by atoms with E-state index in [1.807, 2.05) is 12.1 Å². The van der Waals surface area contributed by atoms with Crippen molar-refractivity contribution in [1.29, 1.82) is 0 Å². The monoisotopic (exact) mass is 495 g/mol. The van der Waals surface area contributed by atoms with Crippen molar-refractivity contribution in [2.75, 3.05) is 33.3 Å². The predicted octanol–water partition coefficient (Wildman–Crippen LogP) is 4.02. The van der Waals surface area contributed by atoms with Crippen LogP contribution in [0.25, 0.3) is 0 Å². The van der Waals surface area contributed by atoms with E-state index in [-0.39, 0.29) is 29.7 Å². The number of nitrogens with zero attached hydrogens (tertiary/aromatic N) is 2. The van der Waals surface area contributed by atoms with Crippen molar-refractivity contribution in [3.8, 4) is 11.5 Å². The van der Waals surface area contributed by atoms with E-state index in [1.54, 1.807) is 13.2 Å². The Morgan fingerprint density at radius 2 is 2.04 bits per heavy atom. The lowest BCUT2D eigenvalue weighted by Crippen LogP contribution is -2.40. The first-order valence-corrected chi connectivity index (χ1v) is 9.65. The maximum atomic E-state index is 9.71. The molecule has 1 atom stereocenters. The van der Waals surface area contributed by atoms with E-state index in [9.17, 15) is 5.11 Å². The second kappa shape index (κ2) is 11.1. The lowest BCUT2D eigenvalue weighted by atomic mass is 9.99. The van der Waals surface area contributed by atoms with E-state index in [0.717, 1.165) is 44.0 Å². The molecular weight excluding hydrogens is 465 g/mol. The zero-order chi connectivity index (χ0) is 19.1. The molecule has 0 radical (unpaired) electrons. The van der Waals surface area contributed by atoms with Crippen LogP contribution in [0.5, 0.6) is 11.5 Å². The van der Waals surface area contributed by atoms with Crippen LogP contribution in [0, 0.1) is 0 Å². The number of aliphatic imine (C=N–C) groups is 1. The van der Waals surface area contributed by atoms with E-state index in [4.69, 9.17) is 9.73 Å². The first-order valence-electron chi connectivity index (χ1n) is 9.65. The van der Waals surface area contributed by atoms with Crippen LogP contribution in [0.3, 0.4) is 0 Å². The van der Waals surface area contributed by atoms with Crippen LogP contribution < -0.4 is 10.1 Å². The number of guanidine groups is 1. The number of benzene rings is 2. The molecule has 3 rings (SSSR count). The van der Waals surface area contributed by atoms with Gasteiger partial charge in [-0.25, -0.2) is 0 Å². The highest BCUT2D eigenvalue weighted by Gasteiger charge is 2.25. The topological polar surface area (TPSA) is 57.1 Å². The van der Waals surface area contributed by atoms with Gasteiger partial charge in [-0.3, -0.25) is 4.99 Å². The van der Waals surface area contributed by atoms with Gasteiger partial charge in [-0.05, 0) is 43.0 Å². The summed E-state index contributed by atoms with van der Waals surface area (Å²) in [4.78, 5) is 7.18. The van der Waals surface area contributed by atoms with Gasteiger partial charge >= 0.3 is 0 Å². The first-order chi connectivity index (χ1) is 13.2. The number of aromatic hydroxyl groups is 1. The normalized spacial score (nSPS) is 16.6. The summed E-state index contributed by atoms with van der Waals surface area (Å²) in [5.41, 5.74) is 2.51. The fraction of sp³-hybridized carbons (Fsp3) is 0.409. The number of ether oxygens (including phenoxy) is 1. The Balaban J connectivity index is 0.00000280. The number of methoxy groups -OCH3 is 1. The van der Waals surface area contributed by atoms with Crippen LogP contribution in [0.2, 0.25) is 0 Å². The van der Waals surface area contributed by atoms with E-state index < -0.39 is 0 Å². The molecule has 0 bridgehead atoms. The standard InChI is InChI=1S/C22H29N3O2.HI/c1-3-23-22(24-13-11-17-9-10-20(26)21(15-17)27-2)25-14-12-19(16-25)18-7-5-4-6-8-18;/h4-10,15,19,26H,3,11-14,16H2,1-2H3,(H,23,24);1H. The van der Waals surface area contributed by atoms with Crippen molar-refractivity contribution in [3.05, 3.63) is 59.7 Å². The van der Waals surface area contributed by atoms with Gasteiger partial charge in [0, 0.05) is 32.1 Å². The second-order valence-corrected chi connectivity index (χ2v) is 6.83. The van der Waals surface area contributed by atoms with Crippen molar-refractivity contribution in [1.82, 2.24) is 10.2 Å². The van der Waals surface area contributed by atoms with Crippen molar-refractivity contribution in [2.45, 2.75) is 25.7 Å². The van der Waals surface area contributed by atoms with Gasteiger partial charge in [-0.1, -0.05) is 36.4 Å². The number of halogens is 1. The third-order valence-electron chi connectivity index (χ3n) is 5.00. The Hall–Kier alpha value is -1.96.